The van der Waals surface area contributed by atoms with Crippen molar-refractivity contribution in [1.82, 2.24) is 24.8 Å². The second kappa shape index (κ2) is 18.6. The first-order valence-corrected chi connectivity index (χ1v) is 16.8. The highest BCUT2D eigenvalue weighted by atomic mass is 79.9. The van der Waals surface area contributed by atoms with Gasteiger partial charge in [-0.25, -0.2) is 19.8 Å². The number of halogens is 7. The normalized spacial score (nSPS) is 13.6. The molecule has 4 rings (SSSR count). The molecule has 2 aromatic rings. The van der Waals surface area contributed by atoms with Crippen LogP contribution in [0.1, 0.15) is 62.3 Å². The van der Waals surface area contributed by atoms with Crippen LogP contribution in [0.4, 0.5) is 0 Å². The Kier molecular flexibility index (Phi) is 18.8. The Bertz CT molecular complexity index is 953. The van der Waals surface area contributed by atoms with Gasteiger partial charge in [-0.3, -0.25) is 9.36 Å². The van der Waals surface area contributed by atoms with Crippen LogP contribution in [0, 0.1) is 0 Å². The summed E-state index contributed by atoms with van der Waals surface area (Å²) in [6, 6.07) is 0. The van der Waals surface area contributed by atoms with Gasteiger partial charge in [-0.2, -0.15) is 0 Å². The van der Waals surface area contributed by atoms with Crippen molar-refractivity contribution in [2.75, 3.05) is 7.05 Å². The van der Waals surface area contributed by atoms with Gasteiger partial charge in [-0.1, -0.05) is 37.0 Å². The van der Waals surface area contributed by atoms with Crippen LogP contribution in [0.15, 0.2) is 9.40 Å². The predicted octanol–water partition coefficient (Wildman–Crippen LogP) is 8.27. The molecule has 0 aromatic carbocycles. The Labute approximate surface area is 238 Å². The van der Waals surface area contributed by atoms with Crippen LogP contribution in [0.3, 0.4) is 0 Å². The topological polar surface area (TPSA) is 101 Å². The molecule has 2 heterocycles. The van der Waals surface area contributed by atoms with Crippen LogP contribution >= 0.6 is 89.8 Å². The fourth-order valence-corrected chi connectivity index (χ4v) is 3.55. The summed E-state index contributed by atoms with van der Waals surface area (Å²) in [5.41, 5.74) is 4.00. The van der Waals surface area contributed by atoms with Gasteiger partial charge < -0.3 is 4.98 Å². The molecule has 2 aromatic heterocycles. The Morgan fingerprint density at radius 2 is 1.21 bits per heavy atom. The molecule has 0 atom stereocenters. The van der Waals surface area contributed by atoms with Crippen LogP contribution in [-0.4, -0.2) is 27.0 Å². The Hall–Kier alpha value is 0.370. The molecule has 7 nitrogen and oxygen atoms in total. The first-order chi connectivity index (χ1) is 16.0. The van der Waals surface area contributed by atoms with Crippen molar-refractivity contribution in [2.24, 2.45) is 0 Å². The number of fused-ring (bicyclic) bond motifs is 2. The smallest absolute Gasteiger partial charge is 0.322 e. The number of nitrogens with zero attached hydrogens (tertiary/aromatic N) is 3. The molecule has 0 amide bonds. The summed E-state index contributed by atoms with van der Waals surface area (Å²) in [6.45, 7) is 4.00. The van der Waals surface area contributed by atoms with Gasteiger partial charge in [0.05, 0.1) is 17.1 Å². The van der Waals surface area contributed by atoms with Crippen LogP contribution in [0.5, 0.6) is 0 Å². The third-order valence-corrected chi connectivity index (χ3v) is 5.33. The van der Waals surface area contributed by atoms with Crippen molar-refractivity contribution in [3.8, 4) is 0 Å². The van der Waals surface area contributed by atoms with E-state index in [1.54, 1.807) is 7.05 Å². The van der Waals surface area contributed by atoms with Crippen molar-refractivity contribution >= 4 is 89.8 Å². The van der Waals surface area contributed by atoms with Crippen LogP contribution in [-0.2, 0) is 30.2 Å². The molecule has 0 saturated carbocycles. The van der Waals surface area contributed by atoms with Crippen LogP contribution in [0.25, 0.3) is 0 Å². The van der Waals surface area contributed by atoms with E-state index < -0.39 is 5.20 Å². The molecule has 0 spiro atoms. The standard InChI is InChI=1S/C8H9BrN2O.C8H8Cl2N2.C2H6.CH4ClN.Cl3OP/c9-7-8(12)11-6-4-2-1-3-5(6)10-7;9-7-8(10)12-6-4-2-1-3-5(6)11-7;1-2;1-3-2;1-5(2,3)4/h1-4H2,(H,11,12);1-4H2;1-2H3;3H,1H3;. The molecule has 15 heteroatoms. The van der Waals surface area contributed by atoms with E-state index >= 15 is 0 Å². The van der Waals surface area contributed by atoms with Crippen molar-refractivity contribution in [3.63, 3.8) is 0 Å². The highest BCUT2D eigenvalue weighted by molar-refractivity contribution is 9.10. The minimum Gasteiger partial charge on any atom is -0.322 e. The maximum absolute atomic E-state index is 11.1. The number of rotatable bonds is 0. The second-order valence-electron chi connectivity index (χ2n) is 6.48. The Morgan fingerprint density at radius 3 is 1.62 bits per heavy atom. The SMILES string of the molecule is CC.CNCl.Clc1nc2c(nc1Cl)CCCC2.O=P(Cl)(Cl)Cl.O=c1[nH]c2c(nc1Br)CCCC2. The van der Waals surface area contributed by atoms with E-state index in [0.29, 0.717) is 14.9 Å². The van der Waals surface area contributed by atoms with E-state index in [-0.39, 0.29) is 5.56 Å². The Morgan fingerprint density at radius 1 is 0.853 bits per heavy atom. The number of aromatic amines is 1. The van der Waals surface area contributed by atoms with E-state index in [9.17, 15) is 9.36 Å². The zero-order chi connectivity index (χ0) is 26.3. The van der Waals surface area contributed by atoms with E-state index in [4.69, 9.17) is 35.0 Å². The highest BCUT2D eigenvalue weighted by Crippen LogP contribution is 2.61. The first-order valence-electron chi connectivity index (χ1n) is 10.4. The van der Waals surface area contributed by atoms with Crippen molar-refractivity contribution < 1.29 is 4.57 Å². The molecule has 0 saturated heterocycles. The molecule has 0 radical (unpaired) electrons. The number of hydrogen-bond acceptors (Lipinski definition) is 6. The summed E-state index contributed by atoms with van der Waals surface area (Å²) in [5.74, 6) is 0. The lowest BCUT2D eigenvalue weighted by molar-refractivity contribution is 0.600. The average Bonchev–Trinajstić information content (AvgIpc) is 2.77. The lowest BCUT2D eigenvalue weighted by Gasteiger charge is -2.13. The molecular formula is C19H27BrCl6N5O2P. The lowest BCUT2D eigenvalue weighted by Crippen LogP contribution is -2.18. The summed E-state index contributed by atoms with van der Waals surface area (Å²) >= 11 is 33.2. The quantitative estimate of drug-likeness (QED) is 0.215. The van der Waals surface area contributed by atoms with Gasteiger partial charge in [0, 0.05) is 5.69 Å². The van der Waals surface area contributed by atoms with Crippen LogP contribution < -0.4 is 10.4 Å². The first kappa shape index (κ1) is 34.4. The minimum atomic E-state index is -3.22. The molecular weight excluding hydrogens is 654 g/mol. The molecule has 0 unspecified atom stereocenters. The van der Waals surface area contributed by atoms with Gasteiger partial charge >= 0.3 is 5.20 Å². The number of hydrogen-bond donors (Lipinski definition) is 2. The number of aryl methyl sites for hydroxylation is 4. The maximum Gasteiger partial charge on any atom is 0.339 e. The van der Waals surface area contributed by atoms with Gasteiger partial charge in [0.15, 0.2) is 14.9 Å². The molecule has 2 aliphatic carbocycles. The molecule has 0 bridgehead atoms. The molecule has 0 aliphatic heterocycles. The van der Waals surface area contributed by atoms with Gasteiger partial charge in [0.2, 0.25) is 0 Å². The fourth-order valence-electron chi connectivity index (χ4n) is 2.95. The monoisotopic (exact) mass is 677 g/mol. The van der Waals surface area contributed by atoms with Gasteiger partial charge in [-0.05, 0) is 120 Å². The van der Waals surface area contributed by atoms with Crippen molar-refractivity contribution in [3.05, 3.63) is 48.0 Å². The number of H-pyrrole nitrogens is 1. The van der Waals surface area contributed by atoms with Gasteiger partial charge in [0.1, 0.15) is 0 Å². The van der Waals surface area contributed by atoms with E-state index in [1.165, 1.54) is 19.3 Å². The number of nitrogens with one attached hydrogen (secondary N) is 2. The summed E-state index contributed by atoms with van der Waals surface area (Å²) in [4.78, 5) is 28.7. The third-order valence-electron chi connectivity index (χ3n) is 4.17. The fraction of sp³-hybridized carbons (Fsp3) is 0.579. The van der Waals surface area contributed by atoms with E-state index in [0.717, 1.165) is 54.9 Å². The third kappa shape index (κ3) is 14.8. The largest absolute Gasteiger partial charge is 0.339 e. The van der Waals surface area contributed by atoms with Gasteiger partial charge in [0.25, 0.3) is 5.56 Å². The van der Waals surface area contributed by atoms with E-state index in [1.807, 2.05) is 13.8 Å². The molecule has 2 aliphatic rings. The predicted molar refractivity (Wildman–Crippen MR) is 149 cm³/mol. The molecule has 0 fully saturated rings. The zero-order valence-electron chi connectivity index (χ0n) is 18.9. The van der Waals surface area contributed by atoms with Crippen LogP contribution in [0.2, 0.25) is 10.3 Å². The highest BCUT2D eigenvalue weighted by Gasteiger charge is 2.14. The summed E-state index contributed by atoms with van der Waals surface area (Å²) in [5, 5.41) is -2.56. The summed E-state index contributed by atoms with van der Waals surface area (Å²) in [6.07, 6.45) is 8.62. The molecule has 194 valence electrons. The zero-order valence-corrected chi connectivity index (χ0v) is 25.9. The van der Waals surface area contributed by atoms with Gasteiger partial charge in [-0.15, -0.1) is 0 Å². The van der Waals surface area contributed by atoms with Crippen molar-refractivity contribution in [1.29, 1.82) is 0 Å². The average molecular weight is 681 g/mol. The Balaban J connectivity index is 0.000000467. The number of aromatic nitrogens is 4. The lowest BCUT2D eigenvalue weighted by atomic mass is 10.0. The second-order valence-corrected chi connectivity index (χ2v) is 15.0. The molecule has 2 N–H and O–H groups in total. The summed E-state index contributed by atoms with van der Waals surface area (Å²) in [7, 11) is 1.64. The van der Waals surface area contributed by atoms with E-state index in [2.05, 4.69) is 74.4 Å². The molecule has 34 heavy (non-hydrogen) atoms. The summed E-state index contributed by atoms with van der Waals surface area (Å²) < 4.78 is 9.92. The van der Waals surface area contributed by atoms with Crippen molar-refractivity contribution in [2.45, 2.75) is 65.2 Å². The maximum atomic E-state index is 11.1. The minimum absolute atomic E-state index is 0.115.